The highest BCUT2D eigenvalue weighted by molar-refractivity contribution is 7.87. The summed E-state index contributed by atoms with van der Waals surface area (Å²) < 4.78 is 34.5. The summed E-state index contributed by atoms with van der Waals surface area (Å²) in [5.74, 6) is 0. The molecule has 0 atom stereocenters. The molecule has 6 heteroatoms. The predicted octanol–water partition coefficient (Wildman–Crippen LogP) is 1.65. The van der Waals surface area contributed by atoms with E-state index in [2.05, 4.69) is 4.72 Å². The van der Waals surface area contributed by atoms with Crippen molar-refractivity contribution in [3.63, 3.8) is 0 Å². The Morgan fingerprint density at radius 2 is 1.58 bits per heavy atom. The molecular formula is C13H26N2O3S. The third-order valence-electron chi connectivity index (χ3n) is 4.23. The van der Waals surface area contributed by atoms with Gasteiger partial charge < -0.3 is 4.74 Å². The molecule has 0 bridgehead atoms. The number of rotatable bonds is 4. The van der Waals surface area contributed by atoms with Gasteiger partial charge in [-0.05, 0) is 38.5 Å². The predicted molar refractivity (Wildman–Crippen MR) is 75.1 cm³/mol. The molecule has 19 heavy (non-hydrogen) atoms. The van der Waals surface area contributed by atoms with E-state index in [0.29, 0.717) is 19.2 Å². The number of hydrogen-bond acceptors (Lipinski definition) is 3. The smallest absolute Gasteiger partial charge is 0.279 e. The fourth-order valence-corrected chi connectivity index (χ4v) is 4.53. The van der Waals surface area contributed by atoms with Gasteiger partial charge >= 0.3 is 0 Å². The van der Waals surface area contributed by atoms with Gasteiger partial charge in [-0.15, -0.1) is 0 Å². The van der Waals surface area contributed by atoms with Gasteiger partial charge in [0.1, 0.15) is 0 Å². The van der Waals surface area contributed by atoms with Gasteiger partial charge in [0.25, 0.3) is 10.2 Å². The van der Waals surface area contributed by atoms with Crippen molar-refractivity contribution in [1.82, 2.24) is 9.03 Å². The second-order valence-corrected chi connectivity index (χ2v) is 7.35. The van der Waals surface area contributed by atoms with E-state index in [1.807, 2.05) is 0 Å². The first-order chi connectivity index (χ1) is 9.12. The van der Waals surface area contributed by atoms with Crippen LogP contribution in [0.2, 0.25) is 0 Å². The van der Waals surface area contributed by atoms with Crippen LogP contribution < -0.4 is 4.72 Å². The van der Waals surface area contributed by atoms with E-state index in [1.165, 1.54) is 0 Å². The lowest BCUT2D eigenvalue weighted by molar-refractivity contribution is 0.0647. The molecule has 2 rings (SSSR count). The van der Waals surface area contributed by atoms with E-state index in [0.717, 1.165) is 51.4 Å². The van der Waals surface area contributed by atoms with Crippen LogP contribution in [-0.4, -0.2) is 45.1 Å². The van der Waals surface area contributed by atoms with Crippen molar-refractivity contribution >= 4 is 10.2 Å². The van der Waals surface area contributed by atoms with Crippen LogP contribution in [0.25, 0.3) is 0 Å². The van der Waals surface area contributed by atoms with E-state index in [-0.39, 0.29) is 6.04 Å². The first-order valence-electron chi connectivity index (χ1n) is 7.42. The maximum atomic E-state index is 12.3. The molecule has 0 amide bonds. The molecule has 112 valence electrons. The lowest BCUT2D eigenvalue weighted by atomic mass is 9.94. The molecule has 1 aliphatic carbocycles. The number of nitrogens with one attached hydrogen (secondary N) is 1. The van der Waals surface area contributed by atoms with Crippen molar-refractivity contribution in [3.8, 4) is 0 Å². The van der Waals surface area contributed by atoms with Gasteiger partial charge in [-0.3, -0.25) is 0 Å². The summed E-state index contributed by atoms with van der Waals surface area (Å²) in [7, 11) is -1.56. The Morgan fingerprint density at radius 3 is 2.11 bits per heavy atom. The highest BCUT2D eigenvalue weighted by Crippen LogP contribution is 2.22. The molecule has 0 aromatic carbocycles. The fourth-order valence-electron chi connectivity index (χ4n) is 2.98. The summed E-state index contributed by atoms with van der Waals surface area (Å²) in [6.07, 6.45) is 8.22. The highest BCUT2D eigenvalue weighted by atomic mass is 32.2. The topological polar surface area (TPSA) is 58.6 Å². The van der Waals surface area contributed by atoms with Crippen LogP contribution in [0.4, 0.5) is 0 Å². The number of nitrogens with zero attached hydrogens (tertiary/aromatic N) is 1. The normalized spacial score (nSPS) is 31.0. The summed E-state index contributed by atoms with van der Waals surface area (Å²) in [4.78, 5) is 0. The first kappa shape index (κ1) is 15.2. The van der Waals surface area contributed by atoms with E-state index in [9.17, 15) is 8.42 Å². The van der Waals surface area contributed by atoms with Gasteiger partial charge in [-0.2, -0.15) is 17.4 Å². The molecule has 2 fully saturated rings. The summed E-state index contributed by atoms with van der Waals surface area (Å²) in [5.41, 5.74) is 0. The minimum absolute atomic E-state index is 0.0830. The molecule has 0 spiro atoms. The second-order valence-electron chi connectivity index (χ2n) is 5.65. The molecular weight excluding hydrogens is 264 g/mol. The van der Waals surface area contributed by atoms with Crippen molar-refractivity contribution in [2.75, 3.05) is 20.2 Å². The van der Waals surface area contributed by atoms with Crippen molar-refractivity contribution in [2.24, 2.45) is 0 Å². The minimum atomic E-state index is -3.29. The van der Waals surface area contributed by atoms with Gasteiger partial charge in [0.2, 0.25) is 0 Å². The molecule has 2 aliphatic rings. The molecule has 0 aromatic heterocycles. The fraction of sp³-hybridized carbons (Fsp3) is 1.00. The molecule has 1 heterocycles. The molecule has 1 aliphatic heterocycles. The third kappa shape index (κ3) is 4.41. The number of methoxy groups -OCH3 is 1. The Hall–Kier alpha value is -0.170. The zero-order valence-electron chi connectivity index (χ0n) is 11.8. The van der Waals surface area contributed by atoms with Crippen LogP contribution in [0.1, 0.15) is 51.4 Å². The van der Waals surface area contributed by atoms with Crippen LogP contribution in [-0.2, 0) is 14.9 Å². The van der Waals surface area contributed by atoms with Crippen LogP contribution in [0.5, 0.6) is 0 Å². The van der Waals surface area contributed by atoms with Gasteiger partial charge in [-0.25, -0.2) is 0 Å². The number of ether oxygens (including phenoxy) is 1. The Kier molecular flexibility index (Phi) is 5.62. The summed E-state index contributed by atoms with van der Waals surface area (Å²) >= 11 is 0. The Labute approximate surface area is 116 Å². The van der Waals surface area contributed by atoms with Crippen molar-refractivity contribution in [3.05, 3.63) is 0 Å². The van der Waals surface area contributed by atoms with Crippen LogP contribution in [0, 0.1) is 0 Å². The van der Waals surface area contributed by atoms with Crippen LogP contribution >= 0.6 is 0 Å². The average molecular weight is 290 g/mol. The largest absolute Gasteiger partial charge is 0.381 e. The monoisotopic (exact) mass is 290 g/mol. The Balaban J connectivity index is 1.86. The summed E-state index contributed by atoms with van der Waals surface area (Å²) in [6, 6.07) is 0.0830. The summed E-state index contributed by atoms with van der Waals surface area (Å²) in [5, 5.41) is 0. The lowest BCUT2D eigenvalue weighted by Gasteiger charge is -2.30. The SMILES string of the molecule is COC1CCC(NS(=O)(=O)N2CCCCCC2)CC1. The van der Waals surface area contributed by atoms with Gasteiger partial charge in [0.15, 0.2) is 0 Å². The Bertz CT molecular complexity index is 356. The minimum Gasteiger partial charge on any atom is -0.381 e. The maximum absolute atomic E-state index is 12.3. The Morgan fingerprint density at radius 1 is 1.00 bits per heavy atom. The molecule has 0 radical (unpaired) electrons. The highest BCUT2D eigenvalue weighted by Gasteiger charge is 2.28. The number of hydrogen-bond donors (Lipinski definition) is 1. The molecule has 1 saturated carbocycles. The first-order valence-corrected chi connectivity index (χ1v) is 8.86. The quantitative estimate of drug-likeness (QED) is 0.856. The third-order valence-corrected chi connectivity index (χ3v) is 5.90. The maximum Gasteiger partial charge on any atom is 0.279 e. The zero-order chi connectivity index (χ0) is 13.7. The van der Waals surface area contributed by atoms with Crippen molar-refractivity contribution in [2.45, 2.75) is 63.5 Å². The van der Waals surface area contributed by atoms with E-state index < -0.39 is 10.2 Å². The molecule has 5 nitrogen and oxygen atoms in total. The lowest BCUT2D eigenvalue weighted by Crippen LogP contribution is -2.47. The van der Waals surface area contributed by atoms with Crippen LogP contribution in [0.15, 0.2) is 0 Å². The van der Waals surface area contributed by atoms with E-state index >= 15 is 0 Å². The standard InChI is InChI=1S/C13H26N2O3S/c1-18-13-8-6-12(7-9-13)14-19(16,17)15-10-4-2-3-5-11-15/h12-14H,2-11H2,1H3. The second kappa shape index (κ2) is 7.02. The zero-order valence-corrected chi connectivity index (χ0v) is 12.6. The van der Waals surface area contributed by atoms with E-state index in [1.54, 1.807) is 11.4 Å². The molecule has 1 N–H and O–H groups in total. The van der Waals surface area contributed by atoms with Crippen molar-refractivity contribution < 1.29 is 13.2 Å². The van der Waals surface area contributed by atoms with Crippen LogP contribution in [0.3, 0.4) is 0 Å². The van der Waals surface area contributed by atoms with Gasteiger partial charge in [-0.1, -0.05) is 12.8 Å². The molecule has 1 saturated heterocycles. The average Bonchev–Trinajstić information content (AvgIpc) is 2.68. The summed E-state index contributed by atoms with van der Waals surface area (Å²) in [6.45, 7) is 1.34. The van der Waals surface area contributed by atoms with Crippen molar-refractivity contribution in [1.29, 1.82) is 0 Å². The molecule has 0 unspecified atom stereocenters. The van der Waals surface area contributed by atoms with Gasteiger partial charge in [0, 0.05) is 26.2 Å². The van der Waals surface area contributed by atoms with E-state index in [4.69, 9.17) is 4.74 Å². The van der Waals surface area contributed by atoms with Gasteiger partial charge in [0.05, 0.1) is 6.10 Å². The molecule has 0 aromatic rings.